The molecule has 0 saturated heterocycles. The van der Waals surface area contributed by atoms with Gasteiger partial charge in [0, 0.05) is 11.8 Å². The Bertz CT molecular complexity index is 939. The lowest BCUT2D eigenvalue weighted by atomic mass is 9.70. The molecule has 0 radical (unpaired) electrons. The maximum Gasteiger partial charge on any atom is 0.413 e. The molecule has 2 bridgehead atoms. The highest BCUT2D eigenvalue weighted by atomic mass is 16.6. The molecule has 0 heterocycles. The van der Waals surface area contributed by atoms with Gasteiger partial charge in [0.2, 0.25) is 0 Å². The van der Waals surface area contributed by atoms with Crippen LogP contribution in [0.5, 0.6) is 11.5 Å². The SMILES string of the molecule is COc1cc(CCC(C)=O)ccc1OC(=O)NC(C(=O)O[C@@H]1C[C@@H]2CC[C@]1(C)C2(C)C)C(C)C. The number of methoxy groups -OCH3 is 1. The lowest BCUT2D eigenvalue weighted by molar-refractivity contribution is -0.160. The fourth-order valence-corrected chi connectivity index (χ4v) is 5.55. The number of esters is 1. The quantitative estimate of drug-likeness (QED) is 0.503. The molecule has 3 rings (SSSR count). The molecule has 2 saturated carbocycles. The van der Waals surface area contributed by atoms with Gasteiger partial charge in [0.05, 0.1) is 7.11 Å². The number of hydrogen-bond donors (Lipinski definition) is 1. The molecule has 7 heteroatoms. The number of fused-ring (bicyclic) bond motifs is 2. The van der Waals surface area contributed by atoms with E-state index in [1.807, 2.05) is 13.8 Å². The topological polar surface area (TPSA) is 90.9 Å². The predicted octanol–water partition coefficient (Wildman–Crippen LogP) is 5.09. The third kappa shape index (κ3) is 5.08. The molecular weight excluding hydrogens is 434 g/mol. The number of carbonyl (C=O) groups is 3. The second-order valence-electron chi connectivity index (χ2n) is 11.0. The van der Waals surface area contributed by atoms with Crippen molar-refractivity contribution < 1.29 is 28.6 Å². The third-order valence-corrected chi connectivity index (χ3v) is 8.36. The predicted molar refractivity (Wildman–Crippen MR) is 129 cm³/mol. The highest BCUT2D eigenvalue weighted by Gasteiger charge is 2.63. The van der Waals surface area contributed by atoms with Gasteiger partial charge in [0.1, 0.15) is 17.9 Å². The largest absolute Gasteiger partial charge is 0.493 e. The molecule has 0 spiro atoms. The van der Waals surface area contributed by atoms with E-state index < -0.39 is 18.1 Å². The summed E-state index contributed by atoms with van der Waals surface area (Å²) in [5.41, 5.74) is 0.989. The monoisotopic (exact) mass is 473 g/mol. The number of benzene rings is 1. The minimum atomic E-state index is -0.820. The zero-order chi connectivity index (χ0) is 25.3. The van der Waals surface area contributed by atoms with Gasteiger partial charge in [-0.1, -0.05) is 40.7 Å². The van der Waals surface area contributed by atoms with Crippen molar-refractivity contribution in [1.82, 2.24) is 5.32 Å². The number of amides is 1. The first-order chi connectivity index (χ1) is 15.9. The van der Waals surface area contributed by atoms with Crippen LogP contribution in [0.1, 0.15) is 72.8 Å². The van der Waals surface area contributed by atoms with E-state index in [2.05, 4.69) is 26.1 Å². The number of rotatable bonds is 9. The summed E-state index contributed by atoms with van der Waals surface area (Å²) in [6.07, 6.45) is 3.22. The van der Waals surface area contributed by atoms with Crippen LogP contribution in [0.3, 0.4) is 0 Å². The first kappa shape index (κ1) is 26.0. The van der Waals surface area contributed by atoms with Crippen molar-refractivity contribution in [2.75, 3.05) is 7.11 Å². The normalized spacial score (nSPS) is 25.6. The van der Waals surface area contributed by atoms with Crippen LogP contribution in [-0.2, 0) is 20.7 Å². The molecule has 1 amide bonds. The summed E-state index contributed by atoms with van der Waals surface area (Å²) in [5.74, 6) is 0.690. The van der Waals surface area contributed by atoms with Gasteiger partial charge in [-0.25, -0.2) is 9.59 Å². The highest BCUT2D eigenvalue weighted by Crippen LogP contribution is 2.66. The van der Waals surface area contributed by atoms with Crippen LogP contribution in [0.4, 0.5) is 4.79 Å². The Morgan fingerprint density at radius 2 is 1.85 bits per heavy atom. The standard InChI is InChI=1S/C27H39NO6/c1-16(2)23(24(30)34-22-15-19-12-13-27(22,6)26(19,4)5)28-25(31)33-20-11-10-18(9-8-17(3)29)14-21(20)32-7/h10-11,14,16,19,22-23H,8-9,12-13,15H2,1-7H3,(H,28,31)/t19-,22+,23?,27-/m0/s1. The molecular formula is C27H39NO6. The number of hydrogen-bond acceptors (Lipinski definition) is 6. The van der Waals surface area contributed by atoms with E-state index in [9.17, 15) is 14.4 Å². The van der Waals surface area contributed by atoms with Crippen molar-refractivity contribution >= 4 is 17.8 Å². The minimum Gasteiger partial charge on any atom is -0.493 e. The van der Waals surface area contributed by atoms with Gasteiger partial charge in [0.15, 0.2) is 11.5 Å². The van der Waals surface area contributed by atoms with E-state index in [0.717, 1.165) is 18.4 Å². The molecule has 1 aromatic rings. The van der Waals surface area contributed by atoms with Crippen LogP contribution in [0.15, 0.2) is 18.2 Å². The van der Waals surface area contributed by atoms with Gasteiger partial charge in [-0.2, -0.15) is 0 Å². The van der Waals surface area contributed by atoms with Crippen LogP contribution in [0.2, 0.25) is 0 Å². The van der Waals surface area contributed by atoms with Gasteiger partial charge in [-0.05, 0) is 67.6 Å². The number of aryl methyl sites for hydroxylation is 1. The van der Waals surface area contributed by atoms with Crippen LogP contribution in [0, 0.1) is 22.7 Å². The van der Waals surface area contributed by atoms with Crippen LogP contribution >= 0.6 is 0 Å². The Morgan fingerprint density at radius 1 is 1.15 bits per heavy atom. The van der Waals surface area contributed by atoms with Crippen molar-refractivity contribution in [1.29, 1.82) is 0 Å². The summed E-state index contributed by atoms with van der Waals surface area (Å²) in [6, 6.07) is 4.35. The maximum atomic E-state index is 13.1. The second kappa shape index (κ2) is 9.96. The molecule has 0 aliphatic heterocycles. The zero-order valence-corrected chi connectivity index (χ0v) is 21.5. The molecule has 2 fully saturated rings. The van der Waals surface area contributed by atoms with Crippen molar-refractivity contribution in [3.63, 3.8) is 0 Å². The number of nitrogens with one attached hydrogen (secondary N) is 1. The lowest BCUT2D eigenvalue weighted by Crippen LogP contribution is -2.49. The second-order valence-corrected chi connectivity index (χ2v) is 11.0. The number of ether oxygens (including phenoxy) is 3. The Hall–Kier alpha value is -2.57. The summed E-state index contributed by atoms with van der Waals surface area (Å²) in [5, 5.41) is 2.69. The Balaban J connectivity index is 1.64. The van der Waals surface area contributed by atoms with Gasteiger partial charge in [0.25, 0.3) is 0 Å². The van der Waals surface area contributed by atoms with Crippen LogP contribution < -0.4 is 14.8 Å². The Morgan fingerprint density at radius 3 is 2.38 bits per heavy atom. The molecule has 188 valence electrons. The average Bonchev–Trinajstić information content (AvgIpc) is 3.10. The Kier molecular flexibility index (Phi) is 7.63. The van der Waals surface area contributed by atoms with E-state index in [-0.39, 0.29) is 34.4 Å². The van der Waals surface area contributed by atoms with E-state index in [1.54, 1.807) is 25.1 Å². The Labute approximate surface area is 202 Å². The van der Waals surface area contributed by atoms with Crippen LogP contribution in [-0.4, -0.2) is 37.1 Å². The number of Topliss-reactive ketones (excluding diaryl/α,β-unsaturated/α-hetero) is 1. The summed E-state index contributed by atoms with van der Waals surface area (Å²) in [4.78, 5) is 37.0. The highest BCUT2D eigenvalue weighted by molar-refractivity contribution is 5.82. The fourth-order valence-electron chi connectivity index (χ4n) is 5.55. The summed E-state index contributed by atoms with van der Waals surface area (Å²) >= 11 is 0. The smallest absolute Gasteiger partial charge is 0.413 e. The first-order valence-electron chi connectivity index (χ1n) is 12.2. The summed E-state index contributed by atoms with van der Waals surface area (Å²) in [7, 11) is 1.49. The fraction of sp³-hybridized carbons (Fsp3) is 0.667. The van der Waals surface area contributed by atoms with E-state index in [4.69, 9.17) is 14.2 Å². The number of ketones is 1. The molecule has 1 aromatic carbocycles. The third-order valence-electron chi connectivity index (χ3n) is 8.36. The van der Waals surface area contributed by atoms with E-state index in [1.165, 1.54) is 13.5 Å². The maximum absolute atomic E-state index is 13.1. The minimum absolute atomic E-state index is 0.0487. The molecule has 1 unspecified atom stereocenters. The number of carbonyl (C=O) groups excluding carboxylic acids is 3. The van der Waals surface area contributed by atoms with Gasteiger partial charge in [-0.3, -0.25) is 0 Å². The van der Waals surface area contributed by atoms with E-state index >= 15 is 0 Å². The van der Waals surface area contributed by atoms with Crippen molar-refractivity contribution in [3.05, 3.63) is 23.8 Å². The van der Waals surface area contributed by atoms with Crippen molar-refractivity contribution in [3.8, 4) is 11.5 Å². The molecule has 2 aliphatic rings. The van der Waals surface area contributed by atoms with Gasteiger partial charge < -0.3 is 24.3 Å². The molecule has 2 aliphatic carbocycles. The summed E-state index contributed by atoms with van der Waals surface area (Å²) < 4.78 is 16.8. The molecule has 7 nitrogen and oxygen atoms in total. The summed E-state index contributed by atoms with van der Waals surface area (Å²) in [6.45, 7) is 12.0. The van der Waals surface area contributed by atoms with Crippen molar-refractivity contribution in [2.24, 2.45) is 22.7 Å². The zero-order valence-electron chi connectivity index (χ0n) is 21.5. The first-order valence-corrected chi connectivity index (χ1v) is 12.2. The molecule has 1 N–H and O–H groups in total. The molecule has 4 atom stereocenters. The van der Waals surface area contributed by atoms with Crippen molar-refractivity contribution in [2.45, 2.75) is 85.8 Å². The van der Waals surface area contributed by atoms with Gasteiger partial charge in [-0.15, -0.1) is 0 Å². The average molecular weight is 474 g/mol. The molecule has 0 aromatic heterocycles. The molecule has 34 heavy (non-hydrogen) atoms. The van der Waals surface area contributed by atoms with E-state index in [0.29, 0.717) is 24.5 Å². The van der Waals surface area contributed by atoms with Crippen LogP contribution in [0.25, 0.3) is 0 Å². The van der Waals surface area contributed by atoms with Gasteiger partial charge >= 0.3 is 12.1 Å². The lowest BCUT2D eigenvalue weighted by Gasteiger charge is -2.39.